The van der Waals surface area contributed by atoms with E-state index in [0.717, 1.165) is 37.8 Å². The minimum atomic E-state index is -3.12. The molecule has 8 heteroatoms. The lowest BCUT2D eigenvalue weighted by molar-refractivity contribution is -0.139. The van der Waals surface area contributed by atoms with Crippen molar-refractivity contribution in [1.82, 2.24) is 4.90 Å². The first-order chi connectivity index (χ1) is 12.4. The van der Waals surface area contributed by atoms with Crippen LogP contribution in [0.4, 0.5) is 4.39 Å². The van der Waals surface area contributed by atoms with Gasteiger partial charge in [0.15, 0.2) is 16.4 Å². The van der Waals surface area contributed by atoms with Crippen molar-refractivity contribution in [3.8, 4) is 0 Å². The first kappa shape index (κ1) is 18.8. The van der Waals surface area contributed by atoms with Crippen molar-refractivity contribution in [2.75, 3.05) is 18.1 Å². The summed E-state index contributed by atoms with van der Waals surface area (Å²) in [4.78, 5) is 26.4. The number of hydrogen-bond donors (Lipinski definition) is 0. The van der Waals surface area contributed by atoms with Crippen LogP contribution in [0.25, 0.3) is 0 Å². The number of carbonyl (C=O) groups excluding carboxylic acids is 2. The van der Waals surface area contributed by atoms with Crippen LogP contribution in [0.5, 0.6) is 0 Å². The number of rotatable bonds is 5. The van der Waals surface area contributed by atoms with Gasteiger partial charge in [-0.2, -0.15) is 0 Å². The highest BCUT2D eigenvalue weighted by Crippen LogP contribution is 2.29. The highest BCUT2D eigenvalue weighted by molar-refractivity contribution is 7.91. The molecule has 26 heavy (non-hydrogen) atoms. The Kier molecular flexibility index (Phi) is 5.60. The SMILES string of the molecule is O=C(OCC(=O)N(C1CCCC1)[C@@H]1CCS(=O)(=O)C1)c1ccc(F)cc1. The van der Waals surface area contributed by atoms with E-state index in [2.05, 4.69) is 0 Å². The van der Waals surface area contributed by atoms with E-state index in [4.69, 9.17) is 4.74 Å². The first-order valence-corrected chi connectivity index (χ1v) is 10.6. The second-order valence-corrected chi connectivity index (χ2v) is 9.11. The lowest BCUT2D eigenvalue weighted by Gasteiger charge is -2.33. The second kappa shape index (κ2) is 7.73. The molecule has 1 heterocycles. The van der Waals surface area contributed by atoms with E-state index < -0.39 is 28.2 Å². The first-order valence-electron chi connectivity index (χ1n) is 8.80. The van der Waals surface area contributed by atoms with Gasteiger partial charge in [-0.05, 0) is 43.5 Å². The fourth-order valence-electron chi connectivity index (χ4n) is 3.75. The third kappa shape index (κ3) is 4.41. The quantitative estimate of drug-likeness (QED) is 0.726. The zero-order valence-corrected chi connectivity index (χ0v) is 15.2. The van der Waals surface area contributed by atoms with Gasteiger partial charge in [-0.3, -0.25) is 4.79 Å². The summed E-state index contributed by atoms with van der Waals surface area (Å²) in [5.74, 6) is -1.48. The van der Waals surface area contributed by atoms with Gasteiger partial charge in [-0.15, -0.1) is 0 Å². The summed E-state index contributed by atoms with van der Waals surface area (Å²) < 4.78 is 41.6. The van der Waals surface area contributed by atoms with Crippen LogP contribution < -0.4 is 0 Å². The molecular formula is C18H22FNO5S. The zero-order valence-electron chi connectivity index (χ0n) is 14.4. The van der Waals surface area contributed by atoms with E-state index in [9.17, 15) is 22.4 Å². The van der Waals surface area contributed by atoms with E-state index in [1.54, 1.807) is 4.90 Å². The number of carbonyl (C=O) groups is 2. The van der Waals surface area contributed by atoms with Crippen molar-refractivity contribution >= 4 is 21.7 Å². The van der Waals surface area contributed by atoms with Gasteiger partial charge in [0, 0.05) is 12.1 Å². The molecule has 6 nitrogen and oxygen atoms in total. The van der Waals surface area contributed by atoms with Crippen LogP contribution >= 0.6 is 0 Å². The Morgan fingerprint density at radius 1 is 1.08 bits per heavy atom. The Balaban J connectivity index is 1.65. The molecule has 1 saturated heterocycles. The number of benzene rings is 1. The normalized spacial score (nSPS) is 22.3. The molecule has 0 N–H and O–H groups in total. The van der Waals surface area contributed by atoms with E-state index in [1.807, 2.05) is 0 Å². The summed E-state index contributed by atoms with van der Waals surface area (Å²) in [7, 11) is -3.12. The predicted octanol–water partition coefficient (Wildman–Crippen LogP) is 1.94. The molecular weight excluding hydrogens is 361 g/mol. The van der Waals surface area contributed by atoms with Gasteiger partial charge in [-0.25, -0.2) is 17.6 Å². The van der Waals surface area contributed by atoms with Gasteiger partial charge in [-0.1, -0.05) is 12.8 Å². The summed E-state index contributed by atoms with van der Waals surface area (Å²) in [6.07, 6.45) is 4.12. The molecule has 1 saturated carbocycles. The number of ether oxygens (including phenoxy) is 1. The maximum atomic E-state index is 12.9. The molecule has 0 unspecified atom stereocenters. The van der Waals surface area contributed by atoms with Gasteiger partial charge in [0.1, 0.15) is 5.82 Å². The average molecular weight is 383 g/mol. The molecule has 1 aliphatic heterocycles. The van der Waals surface area contributed by atoms with Crippen molar-refractivity contribution < 1.29 is 27.1 Å². The highest BCUT2D eigenvalue weighted by atomic mass is 32.2. The maximum absolute atomic E-state index is 12.9. The van der Waals surface area contributed by atoms with Gasteiger partial charge in [0.2, 0.25) is 0 Å². The van der Waals surface area contributed by atoms with Crippen LogP contribution in [0.15, 0.2) is 24.3 Å². The van der Waals surface area contributed by atoms with Gasteiger partial charge >= 0.3 is 5.97 Å². The van der Waals surface area contributed by atoms with E-state index in [0.29, 0.717) is 6.42 Å². The Bertz CT molecular complexity index is 771. The topological polar surface area (TPSA) is 80.8 Å². The van der Waals surface area contributed by atoms with Gasteiger partial charge in [0.05, 0.1) is 17.1 Å². The maximum Gasteiger partial charge on any atom is 0.338 e. The molecule has 1 atom stereocenters. The van der Waals surface area contributed by atoms with E-state index >= 15 is 0 Å². The zero-order chi connectivity index (χ0) is 18.7. The largest absolute Gasteiger partial charge is 0.452 e. The third-order valence-electron chi connectivity index (χ3n) is 5.01. The van der Waals surface area contributed by atoms with Crippen LogP contribution in [0.3, 0.4) is 0 Å². The average Bonchev–Trinajstić information content (AvgIpc) is 3.24. The minimum absolute atomic E-state index is 0.00493. The molecule has 2 fully saturated rings. The fraction of sp³-hybridized carbons (Fsp3) is 0.556. The lowest BCUT2D eigenvalue weighted by Crippen LogP contribution is -2.48. The van der Waals surface area contributed by atoms with Crippen molar-refractivity contribution in [3.05, 3.63) is 35.6 Å². The van der Waals surface area contributed by atoms with Crippen molar-refractivity contribution in [2.24, 2.45) is 0 Å². The smallest absolute Gasteiger partial charge is 0.338 e. The molecule has 0 bridgehead atoms. The van der Waals surface area contributed by atoms with Gasteiger partial charge in [0.25, 0.3) is 5.91 Å². The van der Waals surface area contributed by atoms with Crippen LogP contribution in [-0.2, 0) is 19.4 Å². The molecule has 1 amide bonds. The molecule has 3 rings (SSSR count). The molecule has 0 aromatic heterocycles. The summed E-state index contributed by atoms with van der Waals surface area (Å²) in [6, 6.07) is 4.53. The summed E-state index contributed by atoms with van der Waals surface area (Å²) in [6.45, 7) is -0.441. The predicted molar refractivity (Wildman–Crippen MR) is 92.8 cm³/mol. The Labute approximate surface area is 152 Å². The standard InChI is InChI=1S/C18H22FNO5S/c19-14-7-5-13(6-8-14)18(22)25-11-17(21)20(15-3-1-2-4-15)16-9-10-26(23,24)12-16/h5-8,15-16H,1-4,9-12H2/t16-/m1/s1. The second-order valence-electron chi connectivity index (χ2n) is 6.88. The Morgan fingerprint density at radius 2 is 1.73 bits per heavy atom. The molecule has 142 valence electrons. The Morgan fingerprint density at radius 3 is 2.31 bits per heavy atom. The third-order valence-corrected chi connectivity index (χ3v) is 6.76. The van der Waals surface area contributed by atoms with Crippen LogP contribution in [0, 0.1) is 5.82 Å². The Hall–Kier alpha value is -1.96. The van der Waals surface area contributed by atoms with Gasteiger partial charge < -0.3 is 9.64 Å². The summed E-state index contributed by atoms with van der Waals surface area (Å²) in [5.41, 5.74) is 0.162. The molecule has 0 spiro atoms. The van der Waals surface area contributed by atoms with E-state index in [1.165, 1.54) is 12.1 Å². The monoisotopic (exact) mass is 383 g/mol. The van der Waals surface area contributed by atoms with Crippen LogP contribution in [0.1, 0.15) is 42.5 Å². The number of amides is 1. The van der Waals surface area contributed by atoms with Crippen molar-refractivity contribution in [3.63, 3.8) is 0 Å². The molecule has 1 aromatic carbocycles. The number of hydrogen-bond acceptors (Lipinski definition) is 5. The molecule has 1 aromatic rings. The number of esters is 1. The molecule has 0 radical (unpaired) electrons. The van der Waals surface area contributed by atoms with Crippen LogP contribution in [0.2, 0.25) is 0 Å². The number of sulfone groups is 1. The van der Waals surface area contributed by atoms with Crippen molar-refractivity contribution in [2.45, 2.75) is 44.2 Å². The molecule has 1 aliphatic carbocycles. The highest BCUT2D eigenvalue weighted by Gasteiger charge is 2.39. The fourth-order valence-corrected chi connectivity index (χ4v) is 5.47. The summed E-state index contributed by atoms with van der Waals surface area (Å²) >= 11 is 0. The van der Waals surface area contributed by atoms with Crippen molar-refractivity contribution in [1.29, 1.82) is 0 Å². The number of nitrogens with zero attached hydrogens (tertiary/aromatic N) is 1. The van der Waals surface area contributed by atoms with E-state index in [-0.39, 0.29) is 35.1 Å². The minimum Gasteiger partial charge on any atom is -0.452 e. The lowest BCUT2D eigenvalue weighted by atomic mass is 10.1. The van der Waals surface area contributed by atoms with Crippen LogP contribution in [-0.4, -0.2) is 55.4 Å². The number of halogens is 1. The molecule has 2 aliphatic rings. The summed E-state index contributed by atoms with van der Waals surface area (Å²) in [5, 5.41) is 0.